The van der Waals surface area contributed by atoms with Crippen LogP contribution in [0, 0.1) is 5.82 Å². The van der Waals surface area contributed by atoms with E-state index in [4.69, 9.17) is 4.74 Å². The van der Waals surface area contributed by atoms with Gasteiger partial charge in [0.1, 0.15) is 29.6 Å². The Balaban J connectivity index is 1.77. The molecule has 4 nitrogen and oxygen atoms in total. The third-order valence-electron chi connectivity index (χ3n) is 5.40. The van der Waals surface area contributed by atoms with Crippen molar-refractivity contribution in [2.75, 3.05) is 0 Å². The summed E-state index contributed by atoms with van der Waals surface area (Å²) in [5.41, 5.74) is 2.33. The highest BCUT2D eigenvalue weighted by Crippen LogP contribution is 2.44. The monoisotopic (exact) mass is 456 g/mol. The van der Waals surface area contributed by atoms with Crippen molar-refractivity contribution < 1.29 is 27.4 Å². The highest BCUT2D eigenvalue weighted by molar-refractivity contribution is 5.93. The summed E-state index contributed by atoms with van der Waals surface area (Å²) in [5.74, 6) is -0.340. The number of alkyl halides is 3. The van der Waals surface area contributed by atoms with Crippen molar-refractivity contribution in [2.45, 2.75) is 32.0 Å². The first-order valence-corrected chi connectivity index (χ1v) is 10.2. The second-order valence-electron chi connectivity index (χ2n) is 7.67. The molecule has 2 aromatic carbocycles. The minimum Gasteiger partial charge on any atom is -0.506 e. The highest BCUT2D eigenvalue weighted by Gasteiger charge is 2.32. The lowest BCUT2D eigenvalue weighted by Crippen LogP contribution is -2.07. The van der Waals surface area contributed by atoms with E-state index in [1.54, 1.807) is 12.1 Å². The zero-order chi connectivity index (χ0) is 23.6. The number of aliphatic hydroxyl groups excluding tert-OH is 1. The fourth-order valence-corrected chi connectivity index (χ4v) is 3.78. The van der Waals surface area contributed by atoms with Gasteiger partial charge in [-0.1, -0.05) is 18.7 Å². The van der Waals surface area contributed by atoms with E-state index in [0.717, 1.165) is 24.1 Å². The Labute approximate surface area is 187 Å². The standard InChI is InChI=1S/C25H20F4N2O2/c1-15(32)22-12-30-13-23(31-22)20-4-2-3-19(20)21-11-17(25(27,28)29)7-10-24(21)33-14-16-5-8-18(26)9-6-16/h5-13,32H,1-4,14H2. The predicted octanol–water partition coefficient (Wildman–Crippen LogP) is 6.84. The number of hydrogen-bond acceptors (Lipinski definition) is 4. The van der Waals surface area contributed by atoms with Crippen molar-refractivity contribution in [3.8, 4) is 5.75 Å². The number of allylic oxidation sites excluding steroid dienone is 2. The second-order valence-corrected chi connectivity index (χ2v) is 7.67. The first-order chi connectivity index (χ1) is 15.7. The van der Waals surface area contributed by atoms with E-state index < -0.39 is 11.7 Å². The van der Waals surface area contributed by atoms with Gasteiger partial charge in [-0.2, -0.15) is 13.2 Å². The molecule has 1 aliphatic carbocycles. The summed E-state index contributed by atoms with van der Waals surface area (Å²) in [7, 11) is 0. The molecule has 1 aliphatic rings. The van der Waals surface area contributed by atoms with Crippen LogP contribution in [0.2, 0.25) is 0 Å². The fraction of sp³-hybridized carbons (Fsp3) is 0.200. The summed E-state index contributed by atoms with van der Waals surface area (Å²) in [6, 6.07) is 9.08. The predicted molar refractivity (Wildman–Crippen MR) is 117 cm³/mol. The fourth-order valence-electron chi connectivity index (χ4n) is 3.78. The van der Waals surface area contributed by atoms with Gasteiger partial charge in [0.25, 0.3) is 0 Å². The van der Waals surface area contributed by atoms with Gasteiger partial charge in [0, 0.05) is 5.56 Å². The van der Waals surface area contributed by atoms with E-state index >= 15 is 0 Å². The Morgan fingerprint density at radius 2 is 1.76 bits per heavy atom. The molecule has 33 heavy (non-hydrogen) atoms. The van der Waals surface area contributed by atoms with Crippen LogP contribution in [-0.2, 0) is 12.8 Å². The Hall–Kier alpha value is -3.68. The number of ether oxygens (including phenoxy) is 1. The van der Waals surface area contributed by atoms with Gasteiger partial charge in [-0.25, -0.2) is 9.37 Å². The van der Waals surface area contributed by atoms with Crippen LogP contribution in [0.5, 0.6) is 5.75 Å². The maximum absolute atomic E-state index is 13.5. The minimum absolute atomic E-state index is 0.0703. The van der Waals surface area contributed by atoms with Gasteiger partial charge < -0.3 is 9.84 Å². The van der Waals surface area contributed by atoms with Gasteiger partial charge in [0.15, 0.2) is 0 Å². The number of nitrogens with zero attached hydrogens (tertiary/aromatic N) is 2. The van der Waals surface area contributed by atoms with Crippen molar-refractivity contribution >= 4 is 16.9 Å². The van der Waals surface area contributed by atoms with Crippen LogP contribution in [0.25, 0.3) is 16.9 Å². The van der Waals surface area contributed by atoms with E-state index in [9.17, 15) is 22.7 Å². The summed E-state index contributed by atoms with van der Waals surface area (Å²) in [6.45, 7) is 3.52. The molecule has 1 heterocycles. The summed E-state index contributed by atoms with van der Waals surface area (Å²) >= 11 is 0. The number of aromatic nitrogens is 2. The molecule has 0 unspecified atom stereocenters. The maximum atomic E-state index is 13.5. The summed E-state index contributed by atoms with van der Waals surface area (Å²) in [4.78, 5) is 8.45. The Kier molecular flexibility index (Phi) is 6.18. The quantitative estimate of drug-likeness (QED) is 0.326. The van der Waals surface area contributed by atoms with Crippen LogP contribution in [0.3, 0.4) is 0 Å². The van der Waals surface area contributed by atoms with E-state index in [1.807, 2.05) is 0 Å². The zero-order valence-electron chi connectivity index (χ0n) is 17.5. The second kappa shape index (κ2) is 9.05. The van der Waals surface area contributed by atoms with Crippen LogP contribution < -0.4 is 4.74 Å². The average Bonchev–Trinajstić information content (AvgIpc) is 3.28. The molecule has 1 N–H and O–H groups in total. The number of aliphatic hydroxyl groups is 1. The number of hydrogen-bond donors (Lipinski definition) is 1. The molecular weight excluding hydrogens is 436 g/mol. The lowest BCUT2D eigenvalue weighted by atomic mass is 9.97. The van der Waals surface area contributed by atoms with Gasteiger partial charge in [0.05, 0.1) is 23.7 Å². The van der Waals surface area contributed by atoms with E-state index in [0.29, 0.717) is 35.2 Å². The van der Waals surface area contributed by atoms with E-state index in [2.05, 4.69) is 16.5 Å². The molecule has 170 valence electrons. The Bertz CT molecular complexity index is 1220. The third-order valence-corrected chi connectivity index (χ3v) is 5.40. The Morgan fingerprint density at radius 1 is 1.03 bits per heavy atom. The summed E-state index contributed by atoms with van der Waals surface area (Å²) in [6.07, 6.45) is 0.221. The van der Waals surface area contributed by atoms with E-state index in [1.165, 1.54) is 30.6 Å². The number of rotatable bonds is 6. The summed E-state index contributed by atoms with van der Waals surface area (Å²) in [5, 5.41) is 9.66. The molecular formula is C25H20F4N2O2. The average molecular weight is 456 g/mol. The molecule has 0 fully saturated rings. The van der Waals surface area contributed by atoms with Crippen LogP contribution in [-0.4, -0.2) is 15.1 Å². The van der Waals surface area contributed by atoms with Crippen LogP contribution in [0.4, 0.5) is 17.6 Å². The molecule has 0 spiro atoms. The molecule has 0 saturated heterocycles. The lowest BCUT2D eigenvalue weighted by molar-refractivity contribution is -0.137. The maximum Gasteiger partial charge on any atom is 0.416 e. The normalized spacial score (nSPS) is 13.9. The molecule has 0 radical (unpaired) electrons. The van der Waals surface area contributed by atoms with Crippen molar-refractivity contribution in [2.24, 2.45) is 0 Å². The van der Waals surface area contributed by atoms with Gasteiger partial charge in [-0.05, 0) is 66.3 Å². The topological polar surface area (TPSA) is 55.2 Å². The smallest absolute Gasteiger partial charge is 0.416 e. The first kappa shape index (κ1) is 22.5. The molecule has 0 bridgehead atoms. The van der Waals surface area contributed by atoms with Crippen LogP contribution in [0.1, 0.15) is 47.3 Å². The molecule has 0 aliphatic heterocycles. The largest absolute Gasteiger partial charge is 0.506 e. The molecule has 3 aromatic rings. The highest BCUT2D eigenvalue weighted by atomic mass is 19.4. The third kappa shape index (κ3) is 5.05. The van der Waals surface area contributed by atoms with Crippen molar-refractivity contribution in [3.63, 3.8) is 0 Å². The van der Waals surface area contributed by atoms with Crippen LogP contribution >= 0.6 is 0 Å². The molecule has 1 aromatic heterocycles. The molecule has 8 heteroatoms. The Morgan fingerprint density at radius 3 is 2.45 bits per heavy atom. The first-order valence-electron chi connectivity index (χ1n) is 10.2. The van der Waals surface area contributed by atoms with E-state index in [-0.39, 0.29) is 29.6 Å². The molecule has 0 saturated carbocycles. The SMILES string of the molecule is C=C(O)c1cncc(C2=C(c3cc(C(F)(F)F)ccc3OCc3ccc(F)cc3)CCC2)n1. The van der Waals surface area contributed by atoms with Crippen molar-refractivity contribution in [1.82, 2.24) is 9.97 Å². The van der Waals surface area contributed by atoms with Gasteiger partial charge in [-0.3, -0.25) is 4.98 Å². The number of benzene rings is 2. The molecule has 4 rings (SSSR count). The zero-order valence-corrected chi connectivity index (χ0v) is 17.5. The van der Waals surface area contributed by atoms with Crippen molar-refractivity contribution in [1.29, 1.82) is 0 Å². The van der Waals surface area contributed by atoms with Gasteiger partial charge in [-0.15, -0.1) is 0 Å². The molecule has 0 amide bonds. The van der Waals surface area contributed by atoms with Gasteiger partial charge >= 0.3 is 6.18 Å². The summed E-state index contributed by atoms with van der Waals surface area (Å²) < 4.78 is 59.5. The number of halogens is 4. The minimum atomic E-state index is -4.52. The molecule has 0 atom stereocenters. The van der Waals surface area contributed by atoms with Crippen molar-refractivity contribution in [3.05, 3.63) is 95.3 Å². The van der Waals surface area contributed by atoms with Gasteiger partial charge in [0.2, 0.25) is 0 Å². The van der Waals surface area contributed by atoms with Crippen LogP contribution in [0.15, 0.2) is 61.4 Å². The lowest BCUT2D eigenvalue weighted by Gasteiger charge is -2.17.